The van der Waals surface area contributed by atoms with Crippen LogP contribution in [-0.4, -0.2) is 24.1 Å². The van der Waals surface area contributed by atoms with Crippen molar-refractivity contribution in [3.05, 3.63) is 25.0 Å². The molecule has 13 heavy (non-hydrogen) atoms. The van der Waals surface area contributed by atoms with Gasteiger partial charge >= 0.3 is 29.6 Å². The summed E-state index contributed by atoms with van der Waals surface area (Å²) < 4.78 is 37.7. The average Bonchev–Trinajstić information content (AvgIpc) is 1.85. The summed E-state index contributed by atoms with van der Waals surface area (Å²) in [5.41, 5.74) is 0. The van der Waals surface area contributed by atoms with Gasteiger partial charge in [0.2, 0.25) is 10.4 Å². The molecule has 0 aromatic heterocycles. The van der Waals surface area contributed by atoms with Crippen LogP contribution in [0.5, 0.6) is 0 Å². The Morgan fingerprint density at radius 2 is 2.00 bits per heavy atom. The van der Waals surface area contributed by atoms with Gasteiger partial charge in [-0.3, -0.25) is 4.55 Å². The topological polar surface area (TPSA) is 86.7 Å². The summed E-state index contributed by atoms with van der Waals surface area (Å²) in [6.07, 6.45) is 5.19. The van der Waals surface area contributed by atoms with Crippen LogP contribution in [0.3, 0.4) is 0 Å². The van der Waals surface area contributed by atoms with Gasteiger partial charge in [0.15, 0.2) is 0 Å². The van der Waals surface area contributed by atoms with E-state index in [-0.39, 0.29) is 29.6 Å². The van der Waals surface area contributed by atoms with Gasteiger partial charge in [-0.1, -0.05) is 18.7 Å². The molecule has 0 aliphatic heterocycles. The predicted octanol–water partition coefficient (Wildman–Crippen LogP) is -2.27. The molecule has 0 unspecified atom stereocenters. The molecule has 72 valence electrons. The Morgan fingerprint density at radius 3 is 2.23 bits per heavy atom. The van der Waals surface area contributed by atoms with E-state index in [0.29, 0.717) is 6.61 Å². The molecule has 0 aliphatic rings. The summed E-state index contributed by atoms with van der Waals surface area (Å²) in [5, 5.41) is 0. The van der Waals surface area contributed by atoms with Gasteiger partial charge < -0.3 is 9.29 Å². The van der Waals surface area contributed by atoms with Crippen LogP contribution < -0.4 is 29.6 Å². The maximum Gasteiger partial charge on any atom is 1.00 e. The van der Waals surface area contributed by atoms with E-state index in [1.807, 2.05) is 13.0 Å². The molecule has 1 N–H and O–H groups in total. The first kappa shape index (κ1) is 18.8. The van der Waals surface area contributed by atoms with E-state index >= 15 is 0 Å². The molecule has 0 radical (unpaired) electrons. The first-order valence-electron chi connectivity index (χ1n) is 2.93. The first-order chi connectivity index (χ1) is 5.41. The van der Waals surface area contributed by atoms with E-state index in [9.17, 15) is 0 Å². The van der Waals surface area contributed by atoms with Crippen molar-refractivity contribution >= 4 is 10.4 Å². The summed E-state index contributed by atoms with van der Waals surface area (Å²) in [7, 11) is -4.92. The van der Waals surface area contributed by atoms with Crippen molar-refractivity contribution in [1.29, 1.82) is 0 Å². The average molecular weight is 218 g/mol. The quantitative estimate of drug-likeness (QED) is 0.144. The molecule has 0 saturated carbocycles. The normalized spacial score (nSPS) is 9.46. The van der Waals surface area contributed by atoms with Gasteiger partial charge in [-0.2, -0.15) is 0 Å². The number of hydrogen-bond donors (Lipinski definition) is 1. The molecule has 0 aromatic carbocycles. The second-order valence-corrected chi connectivity index (χ2v) is 2.37. The van der Waals surface area contributed by atoms with Crippen LogP contribution in [0, 0.1) is 0 Å². The van der Waals surface area contributed by atoms with Gasteiger partial charge in [0.25, 0.3) is 0 Å². The maximum absolute atomic E-state index is 8.63. The Hall–Kier alpha value is 0.150. The minimum absolute atomic E-state index is 0. The van der Waals surface area contributed by atoms with Gasteiger partial charge in [-0.15, -0.1) is 0 Å². The van der Waals surface area contributed by atoms with Crippen molar-refractivity contribution in [2.45, 2.75) is 6.92 Å². The minimum atomic E-state index is -4.92. The molecule has 0 aromatic rings. The molecule has 0 fully saturated rings. The van der Waals surface area contributed by atoms with Crippen LogP contribution in [-0.2, 0) is 15.1 Å². The van der Waals surface area contributed by atoms with Gasteiger partial charge in [0.1, 0.15) is 6.61 Å². The van der Waals surface area contributed by atoms with Crippen molar-refractivity contribution in [3.8, 4) is 0 Å². The van der Waals surface area contributed by atoms with E-state index in [0.717, 1.165) is 0 Å². The van der Waals surface area contributed by atoms with Crippen molar-refractivity contribution < 1.29 is 51.8 Å². The molecule has 0 rings (SSSR count). The zero-order chi connectivity index (χ0) is 10.0. The fraction of sp³-hybridized carbons (Fsp3) is 0.333. The Kier molecular flexibility index (Phi) is 17.6. The predicted molar refractivity (Wildman–Crippen MR) is 43.3 cm³/mol. The molecule has 0 heterocycles. The molecular formula is C6H11NaO5S. The standard InChI is InChI=1S/C6H10O.Na.H2O4S/c1-3-5-7-6-4-2;;1-5(2,3)4/h3-4,6H,1,5H2,2H3;;(H2,1,2,3,4)/q;+1;/p-1. The van der Waals surface area contributed by atoms with Gasteiger partial charge in [-0.25, -0.2) is 8.42 Å². The summed E-state index contributed by atoms with van der Waals surface area (Å²) in [6, 6.07) is 0. The second-order valence-electron chi connectivity index (χ2n) is 1.52. The Labute approximate surface area is 100 Å². The summed E-state index contributed by atoms with van der Waals surface area (Å²) in [4.78, 5) is 0. The largest absolute Gasteiger partial charge is 1.00 e. The van der Waals surface area contributed by atoms with E-state index < -0.39 is 10.4 Å². The number of hydrogen-bond acceptors (Lipinski definition) is 4. The molecule has 7 heteroatoms. The van der Waals surface area contributed by atoms with E-state index in [1.54, 1.807) is 12.3 Å². The van der Waals surface area contributed by atoms with Gasteiger partial charge in [0.05, 0.1) is 6.26 Å². The van der Waals surface area contributed by atoms with Crippen LogP contribution >= 0.6 is 0 Å². The van der Waals surface area contributed by atoms with Crippen LogP contribution in [0.15, 0.2) is 25.0 Å². The van der Waals surface area contributed by atoms with Crippen LogP contribution in [0.2, 0.25) is 0 Å². The fourth-order valence-electron chi connectivity index (χ4n) is 0.220. The first-order valence-corrected chi connectivity index (χ1v) is 4.30. The summed E-state index contributed by atoms with van der Waals surface area (Å²) in [5.74, 6) is 0. The fourth-order valence-corrected chi connectivity index (χ4v) is 0.220. The zero-order valence-electron chi connectivity index (χ0n) is 7.63. The zero-order valence-corrected chi connectivity index (χ0v) is 10.5. The van der Waals surface area contributed by atoms with Crippen LogP contribution in [0.4, 0.5) is 0 Å². The molecule has 0 amide bonds. The third kappa shape index (κ3) is 72.7. The van der Waals surface area contributed by atoms with Gasteiger partial charge in [-0.05, 0) is 6.92 Å². The van der Waals surface area contributed by atoms with Crippen LogP contribution in [0.1, 0.15) is 6.92 Å². The molecule has 5 nitrogen and oxygen atoms in total. The SMILES string of the molecule is C=CCOC=CC.O=S(=O)([O-])O.[Na+]. The minimum Gasteiger partial charge on any atom is -0.726 e. The molecule has 0 bridgehead atoms. The van der Waals surface area contributed by atoms with E-state index in [4.69, 9.17) is 22.3 Å². The monoisotopic (exact) mass is 218 g/mol. The molecule has 0 atom stereocenters. The number of ether oxygens (including phenoxy) is 1. The third-order valence-electron chi connectivity index (χ3n) is 0.446. The van der Waals surface area contributed by atoms with Crippen molar-refractivity contribution in [2.24, 2.45) is 0 Å². The third-order valence-corrected chi connectivity index (χ3v) is 0.446. The Morgan fingerprint density at radius 1 is 1.62 bits per heavy atom. The van der Waals surface area contributed by atoms with Crippen LogP contribution in [0.25, 0.3) is 0 Å². The van der Waals surface area contributed by atoms with Crippen molar-refractivity contribution in [1.82, 2.24) is 0 Å². The smallest absolute Gasteiger partial charge is 0.726 e. The molecule has 0 aliphatic carbocycles. The number of allylic oxidation sites excluding steroid dienone is 1. The van der Waals surface area contributed by atoms with Gasteiger partial charge in [0, 0.05) is 0 Å². The van der Waals surface area contributed by atoms with Crippen molar-refractivity contribution in [2.75, 3.05) is 6.61 Å². The molecule has 0 spiro atoms. The van der Waals surface area contributed by atoms with E-state index in [1.165, 1.54) is 0 Å². The van der Waals surface area contributed by atoms with Crippen molar-refractivity contribution in [3.63, 3.8) is 0 Å². The Bertz CT molecular complexity index is 213. The summed E-state index contributed by atoms with van der Waals surface area (Å²) in [6.45, 7) is 5.98. The second kappa shape index (κ2) is 12.2. The Balaban J connectivity index is -0.000000150. The number of rotatable bonds is 3. The summed E-state index contributed by atoms with van der Waals surface area (Å²) >= 11 is 0. The molecule has 0 saturated heterocycles. The molecular weight excluding hydrogens is 207 g/mol. The van der Waals surface area contributed by atoms with E-state index in [2.05, 4.69) is 6.58 Å². The maximum atomic E-state index is 8.63.